The van der Waals surface area contributed by atoms with Crippen LogP contribution in [-0.4, -0.2) is 47.8 Å². The van der Waals surface area contributed by atoms with E-state index in [1.165, 1.54) is 17.7 Å². The number of benzene rings is 2. The van der Waals surface area contributed by atoms with Gasteiger partial charge in [0.2, 0.25) is 11.8 Å². The molecule has 2 amide bonds. The number of rotatable bonds is 4. The van der Waals surface area contributed by atoms with E-state index in [4.69, 9.17) is 0 Å². The number of halogens is 1. The third-order valence-electron chi connectivity index (χ3n) is 5.07. The van der Waals surface area contributed by atoms with Crippen molar-refractivity contribution in [1.29, 1.82) is 0 Å². The van der Waals surface area contributed by atoms with E-state index in [0.717, 1.165) is 11.1 Å². The van der Waals surface area contributed by atoms with Crippen molar-refractivity contribution < 1.29 is 14.0 Å². The minimum Gasteiger partial charge on any atom is -0.339 e. The van der Waals surface area contributed by atoms with Gasteiger partial charge in [-0.05, 0) is 42.7 Å². The molecule has 27 heavy (non-hydrogen) atoms. The third kappa shape index (κ3) is 4.94. The van der Waals surface area contributed by atoms with Gasteiger partial charge in [-0.3, -0.25) is 9.59 Å². The first-order valence-electron chi connectivity index (χ1n) is 9.28. The highest BCUT2D eigenvalue weighted by molar-refractivity contribution is 5.81. The molecule has 1 aliphatic rings. The molecule has 2 aromatic rings. The van der Waals surface area contributed by atoms with Crippen LogP contribution in [0.1, 0.15) is 22.3 Å². The summed E-state index contributed by atoms with van der Waals surface area (Å²) >= 11 is 0. The van der Waals surface area contributed by atoms with Gasteiger partial charge in [-0.15, -0.1) is 0 Å². The zero-order valence-electron chi connectivity index (χ0n) is 15.9. The molecule has 1 saturated heterocycles. The second kappa shape index (κ2) is 8.33. The zero-order chi connectivity index (χ0) is 19.4. The van der Waals surface area contributed by atoms with Crippen molar-refractivity contribution in [1.82, 2.24) is 9.80 Å². The highest BCUT2D eigenvalue weighted by atomic mass is 19.1. The van der Waals surface area contributed by atoms with Crippen LogP contribution in [-0.2, 0) is 22.4 Å². The van der Waals surface area contributed by atoms with Crippen LogP contribution < -0.4 is 0 Å². The maximum absolute atomic E-state index is 13.3. The molecule has 3 rings (SSSR count). The van der Waals surface area contributed by atoms with Gasteiger partial charge in [0.25, 0.3) is 0 Å². The summed E-state index contributed by atoms with van der Waals surface area (Å²) in [6.07, 6.45) is 0.581. The largest absolute Gasteiger partial charge is 0.339 e. The van der Waals surface area contributed by atoms with Gasteiger partial charge < -0.3 is 9.80 Å². The van der Waals surface area contributed by atoms with Gasteiger partial charge in [0.1, 0.15) is 5.82 Å². The maximum Gasteiger partial charge on any atom is 0.227 e. The summed E-state index contributed by atoms with van der Waals surface area (Å²) in [5.41, 5.74) is 4.05. The number of aryl methyl sites for hydroxylation is 2. The van der Waals surface area contributed by atoms with Crippen LogP contribution in [0.15, 0.2) is 42.5 Å². The Hall–Kier alpha value is -2.69. The Kier molecular flexibility index (Phi) is 5.89. The lowest BCUT2D eigenvalue weighted by Gasteiger charge is -2.35. The summed E-state index contributed by atoms with van der Waals surface area (Å²) in [4.78, 5) is 28.6. The zero-order valence-corrected chi connectivity index (χ0v) is 15.9. The second-order valence-electron chi connectivity index (χ2n) is 7.17. The SMILES string of the molecule is Cc1ccc(CC(=O)N2CCN(C(=O)Cc3cccc(F)c3)CC2)c(C)c1. The molecule has 0 saturated carbocycles. The van der Waals surface area contributed by atoms with E-state index in [2.05, 4.69) is 6.07 Å². The standard InChI is InChI=1S/C22H25FN2O2/c1-16-6-7-19(17(2)12-16)15-22(27)25-10-8-24(9-11-25)21(26)14-18-4-3-5-20(23)13-18/h3-7,12-13H,8-11,14-15H2,1-2H3. The lowest BCUT2D eigenvalue weighted by atomic mass is 10.0. The molecular formula is C22H25FN2O2. The average Bonchev–Trinajstić information content (AvgIpc) is 2.64. The molecule has 0 radical (unpaired) electrons. The molecule has 0 N–H and O–H groups in total. The summed E-state index contributed by atoms with van der Waals surface area (Å²) in [7, 11) is 0. The first-order chi connectivity index (χ1) is 12.9. The van der Waals surface area contributed by atoms with Crippen molar-refractivity contribution in [2.75, 3.05) is 26.2 Å². The molecule has 0 spiro atoms. The molecule has 1 heterocycles. The van der Waals surface area contributed by atoms with Crippen LogP contribution in [0, 0.1) is 19.7 Å². The Bertz CT molecular complexity index is 842. The number of piperazine rings is 1. The molecule has 0 aromatic heterocycles. The van der Waals surface area contributed by atoms with Gasteiger partial charge in [0.15, 0.2) is 0 Å². The fourth-order valence-corrected chi connectivity index (χ4v) is 3.46. The van der Waals surface area contributed by atoms with E-state index < -0.39 is 0 Å². The number of hydrogen-bond acceptors (Lipinski definition) is 2. The number of amides is 2. The third-order valence-corrected chi connectivity index (χ3v) is 5.07. The van der Waals surface area contributed by atoms with Crippen molar-refractivity contribution in [2.24, 2.45) is 0 Å². The van der Waals surface area contributed by atoms with Crippen LogP contribution in [0.4, 0.5) is 4.39 Å². The van der Waals surface area contributed by atoms with E-state index in [1.54, 1.807) is 17.0 Å². The lowest BCUT2D eigenvalue weighted by Crippen LogP contribution is -2.51. The van der Waals surface area contributed by atoms with Crippen molar-refractivity contribution in [3.05, 3.63) is 70.5 Å². The predicted molar refractivity (Wildman–Crippen MR) is 103 cm³/mol. The summed E-state index contributed by atoms with van der Waals surface area (Å²) in [6, 6.07) is 12.3. The lowest BCUT2D eigenvalue weighted by molar-refractivity contribution is -0.138. The minimum absolute atomic E-state index is 0.0259. The summed E-state index contributed by atoms with van der Waals surface area (Å²) in [6.45, 7) is 6.19. The molecule has 0 bridgehead atoms. The van der Waals surface area contributed by atoms with E-state index in [1.807, 2.05) is 30.9 Å². The Morgan fingerprint density at radius 1 is 0.889 bits per heavy atom. The van der Waals surface area contributed by atoms with Crippen LogP contribution in [0.3, 0.4) is 0 Å². The minimum atomic E-state index is -0.331. The molecule has 5 heteroatoms. The first-order valence-corrected chi connectivity index (χ1v) is 9.28. The average molecular weight is 368 g/mol. The van der Waals surface area contributed by atoms with Gasteiger partial charge in [-0.2, -0.15) is 0 Å². The number of hydrogen-bond donors (Lipinski definition) is 0. The van der Waals surface area contributed by atoms with E-state index >= 15 is 0 Å². The fraction of sp³-hybridized carbons (Fsp3) is 0.364. The maximum atomic E-state index is 13.3. The molecule has 1 fully saturated rings. The van der Waals surface area contributed by atoms with E-state index in [0.29, 0.717) is 38.2 Å². The summed E-state index contributed by atoms with van der Waals surface area (Å²) in [5.74, 6) is -0.261. The molecule has 1 aliphatic heterocycles. The Morgan fingerprint density at radius 3 is 2.11 bits per heavy atom. The normalized spacial score (nSPS) is 14.3. The van der Waals surface area contributed by atoms with E-state index in [9.17, 15) is 14.0 Å². The molecule has 142 valence electrons. The van der Waals surface area contributed by atoms with Crippen molar-refractivity contribution in [2.45, 2.75) is 26.7 Å². The van der Waals surface area contributed by atoms with Gasteiger partial charge in [-0.1, -0.05) is 35.9 Å². The van der Waals surface area contributed by atoms with Crippen LogP contribution in [0.25, 0.3) is 0 Å². The second-order valence-corrected chi connectivity index (χ2v) is 7.17. The summed E-state index contributed by atoms with van der Waals surface area (Å²) < 4.78 is 13.3. The molecule has 0 atom stereocenters. The molecular weight excluding hydrogens is 343 g/mol. The van der Waals surface area contributed by atoms with Gasteiger partial charge in [-0.25, -0.2) is 4.39 Å². The molecule has 4 nitrogen and oxygen atoms in total. The first kappa shape index (κ1) is 19.1. The number of carbonyl (C=O) groups excluding carboxylic acids is 2. The topological polar surface area (TPSA) is 40.6 Å². The van der Waals surface area contributed by atoms with Crippen molar-refractivity contribution >= 4 is 11.8 Å². The Morgan fingerprint density at radius 2 is 1.52 bits per heavy atom. The van der Waals surface area contributed by atoms with E-state index in [-0.39, 0.29) is 24.1 Å². The highest BCUT2D eigenvalue weighted by Crippen LogP contribution is 2.14. The van der Waals surface area contributed by atoms with Crippen LogP contribution in [0.5, 0.6) is 0 Å². The van der Waals surface area contributed by atoms with Crippen molar-refractivity contribution in [3.8, 4) is 0 Å². The quantitative estimate of drug-likeness (QED) is 0.833. The predicted octanol–water partition coefficient (Wildman–Crippen LogP) is 2.90. The molecule has 0 aliphatic carbocycles. The molecule has 0 unspecified atom stereocenters. The van der Waals surface area contributed by atoms with Crippen molar-refractivity contribution in [3.63, 3.8) is 0 Å². The van der Waals surface area contributed by atoms with Gasteiger partial charge >= 0.3 is 0 Å². The van der Waals surface area contributed by atoms with Gasteiger partial charge in [0.05, 0.1) is 12.8 Å². The van der Waals surface area contributed by atoms with Gasteiger partial charge in [0, 0.05) is 26.2 Å². The monoisotopic (exact) mass is 368 g/mol. The summed E-state index contributed by atoms with van der Waals surface area (Å²) in [5, 5.41) is 0. The fourth-order valence-electron chi connectivity index (χ4n) is 3.46. The molecule has 2 aromatic carbocycles. The number of carbonyl (C=O) groups is 2. The Balaban J connectivity index is 1.52. The Labute approximate surface area is 159 Å². The highest BCUT2D eigenvalue weighted by Gasteiger charge is 2.24. The van der Waals surface area contributed by atoms with Crippen LogP contribution >= 0.6 is 0 Å². The smallest absolute Gasteiger partial charge is 0.227 e. The number of nitrogens with zero attached hydrogens (tertiary/aromatic N) is 2. The van der Waals surface area contributed by atoms with Crippen LogP contribution in [0.2, 0.25) is 0 Å².